The zero-order chi connectivity index (χ0) is 12.2. The number of halogens is 1. The van der Waals surface area contributed by atoms with Gasteiger partial charge in [0.05, 0.1) is 6.61 Å². The predicted molar refractivity (Wildman–Crippen MR) is 61.7 cm³/mol. The van der Waals surface area contributed by atoms with Crippen LogP contribution in [0.3, 0.4) is 0 Å². The first kappa shape index (κ1) is 12.7. The molecule has 0 amide bonds. The molecule has 0 fully saturated rings. The van der Waals surface area contributed by atoms with E-state index in [0.717, 1.165) is 0 Å². The fourth-order valence-electron chi connectivity index (χ4n) is 1.20. The molecule has 0 N–H and O–H groups in total. The molecule has 0 unspecified atom stereocenters. The molecule has 1 aromatic carbocycles. The van der Waals surface area contributed by atoms with Crippen molar-refractivity contribution in [2.24, 2.45) is 0 Å². The van der Waals surface area contributed by atoms with Gasteiger partial charge < -0.3 is 4.74 Å². The lowest BCUT2D eigenvalue weighted by Crippen LogP contribution is -2.16. The molecule has 0 heterocycles. The molecular formula is C13H17FO2. The molecule has 0 bridgehead atoms. The summed E-state index contributed by atoms with van der Waals surface area (Å²) in [6, 6.07) is 6.86. The van der Waals surface area contributed by atoms with Crippen molar-refractivity contribution in [3.05, 3.63) is 29.8 Å². The number of ether oxygens (including phenoxy) is 1. The van der Waals surface area contributed by atoms with Crippen LogP contribution in [0.5, 0.6) is 5.75 Å². The number of alkyl halides is 1. The maximum Gasteiger partial charge on any atom is 0.159 e. The summed E-state index contributed by atoms with van der Waals surface area (Å²) in [6.45, 7) is 4.90. The molecule has 0 radical (unpaired) electrons. The minimum absolute atomic E-state index is 0.0245. The highest BCUT2D eigenvalue weighted by Crippen LogP contribution is 2.16. The second-order valence-electron chi connectivity index (χ2n) is 4.40. The number of hydrogen-bond acceptors (Lipinski definition) is 2. The standard InChI is InChI=1S/C13H17FO2/c1-10(15)11-4-6-12(7-5-11)16-9-8-13(2,3)14/h4-7H,8-9H2,1-3H3. The van der Waals surface area contributed by atoms with Crippen LogP contribution in [0, 0.1) is 0 Å². The second-order valence-corrected chi connectivity index (χ2v) is 4.40. The van der Waals surface area contributed by atoms with Gasteiger partial charge >= 0.3 is 0 Å². The molecule has 0 aliphatic carbocycles. The van der Waals surface area contributed by atoms with E-state index in [-0.39, 0.29) is 5.78 Å². The molecule has 0 atom stereocenters. The van der Waals surface area contributed by atoms with Gasteiger partial charge in [0.1, 0.15) is 11.4 Å². The maximum atomic E-state index is 13.1. The molecule has 0 aromatic heterocycles. The van der Waals surface area contributed by atoms with E-state index in [9.17, 15) is 9.18 Å². The summed E-state index contributed by atoms with van der Waals surface area (Å²) in [6.07, 6.45) is 0.349. The minimum atomic E-state index is -1.21. The highest BCUT2D eigenvalue weighted by atomic mass is 19.1. The molecule has 2 nitrogen and oxygen atoms in total. The van der Waals surface area contributed by atoms with Gasteiger partial charge in [0.15, 0.2) is 5.78 Å². The Morgan fingerprint density at radius 2 is 1.88 bits per heavy atom. The molecule has 0 spiro atoms. The van der Waals surface area contributed by atoms with Gasteiger partial charge in [0.25, 0.3) is 0 Å². The van der Waals surface area contributed by atoms with E-state index < -0.39 is 5.67 Å². The normalized spacial score (nSPS) is 11.2. The van der Waals surface area contributed by atoms with Crippen molar-refractivity contribution >= 4 is 5.78 Å². The number of carbonyl (C=O) groups excluding carboxylic acids is 1. The molecule has 1 rings (SSSR count). The zero-order valence-electron chi connectivity index (χ0n) is 9.92. The van der Waals surface area contributed by atoms with Crippen LogP contribution in [-0.4, -0.2) is 18.1 Å². The fourth-order valence-corrected chi connectivity index (χ4v) is 1.20. The second kappa shape index (κ2) is 5.10. The van der Waals surface area contributed by atoms with E-state index in [4.69, 9.17) is 4.74 Å². The Bertz CT molecular complexity index is 349. The lowest BCUT2D eigenvalue weighted by molar-refractivity contribution is 0.101. The van der Waals surface area contributed by atoms with Crippen LogP contribution in [0.25, 0.3) is 0 Å². The van der Waals surface area contributed by atoms with E-state index in [1.807, 2.05) is 0 Å². The average molecular weight is 224 g/mol. The third-order valence-electron chi connectivity index (χ3n) is 2.23. The molecule has 0 saturated carbocycles. The van der Waals surface area contributed by atoms with Crippen molar-refractivity contribution in [1.29, 1.82) is 0 Å². The first-order valence-corrected chi connectivity index (χ1v) is 5.31. The molecule has 16 heavy (non-hydrogen) atoms. The number of carbonyl (C=O) groups is 1. The maximum absolute atomic E-state index is 13.1. The van der Waals surface area contributed by atoms with Crippen LogP contribution < -0.4 is 4.74 Å². The van der Waals surface area contributed by atoms with Gasteiger partial charge in [-0.15, -0.1) is 0 Å². The summed E-state index contributed by atoms with van der Waals surface area (Å²) in [7, 11) is 0. The molecule has 1 aromatic rings. The van der Waals surface area contributed by atoms with Gasteiger partial charge in [-0.25, -0.2) is 4.39 Å². The lowest BCUT2D eigenvalue weighted by Gasteiger charge is -2.14. The smallest absolute Gasteiger partial charge is 0.159 e. The highest BCUT2D eigenvalue weighted by Gasteiger charge is 2.14. The van der Waals surface area contributed by atoms with Crippen LogP contribution >= 0.6 is 0 Å². The van der Waals surface area contributed by atoms with E-state index in [1.165, 1.54) is 20.8 Å². The van der Waals surface area contributed by atoms with Gasteiger partial charge in [0.2, 0.25) is 0 Å². The van der Waals surface area contributed by atoms with Crippen LogP contribution in [0.4, 0.5) is 4.39 Å². The molecule has 0 aliphatic heterocycles. The zero-order valence-corrected chi connectivity index (χ0v) is 9.92. The van der Waals surface area contributed by atoms with Crippen molar-refractivity contribution in [2.45, 2.75) is 32.9 Å². The summed E-state index contributed by atoms with van der Waals surface area (Å²) in [5.41, 5.74) is -0.558. The monoisotopic (exact) mass is 224 g/mol. The summed E-state index contributed by atoms with van der Waals surface area (Å²) in [5, 5.41) is 0. The average Bonchev–Trinajstić information content (AvgIpc) is 2.16. The Morgan fingerprint density at radius 1 is 1.31 bits per heavy atom. The Morgan fingerprint density at radius 3 is 2.31 bits per heavy atom. The minimum Gasteiger partial charge on any atom is -0.493 e. The van der Waals surface area contributed by atoms with E-state index >= 15 is 0 Å². The summed E-state index contributed by atoms with van der Waals surface area (Å²) in [4.78, 5) is 11.0. The van der Waals surface area contributed by atoms with Crippen molar-refractivity contribution < 1.29 is 13.9 Å². The Hall–Kier alpha value is -1.38. The third-order valence-corrected chi connectivity index (χ3v) is 2.23. The van der Waals surface area contributed by atoms with Crippen LogP contribution in [-0.2, 0) is 0 Å². The summed E-state index contributed by atoms with van der Waals surface area (Å²) in [5.74, 6) is 0.686. The number of hydrogen-bond donors (Lipinski definition) is 0. The Labute approximate surface area is 95.4 Å². The summed E-state index contributed by atoms with van der Waals surface area (Å²) < 4.78 is 18.5. The number of Topliss-reactive ketones (excluding diaryl/α,β-unsaturated/α-hetero) is 1. The quantitative estimate of drug-likeness (QED) is 0.716. The predicted octanol–water partition coefficient (Wildman–Crippen LogP) is 3.41. The summed E-state index contributed by atoms with van der Waals surface area (Å²) >= 11 is 0. The SMILES string of the molecule is CC(=O)c1ccc(OCCC(C)(C)F)cc1. The first-order chi connectivity index (χ1) is 7.38. The molecule has 3 heteroatoms. The fraction of sp³-hybridized carbons (Fsp3) is 0.462. The Balaban J connectivity index is 2.47. The van der Waals surface area contributed by atoms with Gasteiger partial charge in [-0.1, -0.05) is 0 Å². The number of ketones is 1. The van der Waals surface area contributed by atoms with Crippen molar-refractivity contribution in [3.63, 3.8) is 0 Å². The highest BCUT2D eigenvalue weighted by molar-refractivity contribution is 5.94. The largest absolute Gasteiger partial charge is 0.493 e. The van der Waals surface area contributed by atoms with E-state index in [2.05, 4.69) is 0 Å². The van der Waals surface area contributed by atoms with E-state index in [1.54, 1.807) is 24.3 Å². The van der Waals surface area contributed by atoms with Crippen LogP contribution in [0.1, 0.15) is 37.6 Å². The number of benzene rings is 1. The molecule has 0 aliphatic rings. The molecular weight excluding hydrogens is 207 g/mol. The van der Waals surface area contributed by atoms with Crippen LogP contribution in [0.2, 0.25) is 0 Å². The molecule has 0 saturated heterocycles. The first-order valence-electron chi connectivity index (χ1n) is 5.31. The van der Waals surface area contributed by atoms with E-state index in [0.29, 0.717) is 24.3 Å². The topological polar surface area (TPSA) is 26.3 Å². The molecule has 88 valence electrons. The van der Waals surface area contributed by atoms with Gasteiger partial charge in [-0.2, -0.15) is 0 Å². The van der Waals surface area contributed by atoms with Crippen molar-refractivity contribution in [3.8, 4) is 5.75 Å². The lowest BCUT2D eigenvalue weighted by atomic mass is 10.1. The van der Waals surface area contributed by atoms with Gasteiger partial charge in [0, 0.05) is 12.0 Å². The van der Waals surface area contributed by atoms with Crippen LogP contribution in [0.15, 0.2) is 24.3 Å². The van der Waals surface area contributed by atoms with Crippen molar-refractivity contribution in [2.75, 3.05) is 6.61 Å². The third kappa shape index (κ3) is 4.43. The Kier molecular flexibility index (Phi) is 4.05. The van der Waals surface area contributed by atoms with Crippen molar-refractivity contribution in [1.82, 2.24) is 0 Å². The van der Waals surface area contributed by atoms with Gasteiger partial charge in [-0.3, -0.25) is 4.79 Å². The van der Waals surface area contributed by atoms with Gasteiger partial charge in [-0.05, 0) is 45.0 Å². The number of rotatable bonds is 5.